The molecule has 1 amide bonds. The number of nitriles is 1. The molecular weight excluding hydrogens is 348 g/mol. The van der Waals surface area contributed by atoms with Gasteiger partial charge in [0.15, 0.2) is 6.61 Å². The van der Waals surface area contributed by atoms with E-state index in [9.17, 15) is 14.9 Å². The number of fused-ring (bicyclic) bond motifs is 3. The maximum absolute atomic E-state index is 12.2. The van der Waals surface area contributed by atoms with E-state index in [-0.39, 0.29) is 18.5 Å². The van der Waals surface area contributed by atoms with E-state index in [4.69, 9.17) is 4.74 Å². The Bertz CT molecular complexity index is 764. The number of amides is 1. The van der Waals surface area contributed by atoms with E-state index in [1.165, 1.54) is 35.5 Å². The maximum Gasteiger partial charge on any atom is 0.306 e. The summed E-state index contributed by atoms with van der Waals surface area (Å²) in [5.41, 5.74) is 1.68. The summed E-state index contributed by atoms with van der Waals surface area (Å²) in [5, 5.41) is 12.8. The van der Waals surface area contributed by atoms with Gasteiger partial charge in [-0.3, -0.25) is 9.59 Å². The van der Waals surface area contributed by atoms with Crippen LogP contribution in [0.1, 0.15) is 60.9 Å². The van der Waals surface area contributed by atoms with Crippen molar-refractivity contribution in [2.75, 3.05) is 11.9 Å². The second-order valence-electron chi connectivity index (χ2n) is 7.87. The molecule has 1 aromatic heterocycles. The Labute approximate surface area is 157 Å². The first-order chi connectivity index (χ1) is 12.6. The number of thiophene rings is 1. The number of nitrogens with zero attached hydrogens (tertiary/aromatic N) is 1. The number of esters is 1. The predicted molar refractivity (Wildman–Crippen MR) is 98.8 cm³/mol. The molecule has 138 valence electrons. The molecule has 2 bridgehead atoms. The Hall–Kier alpha value is -1.87. The molecular formula is C20H24N2O3S. The first-order valence-corrected chi connectivity index (χ1v) is 10.5. The Morgan fingerprint density at radius 1 is 1.23 bits per heavy atom. The second kappa shape index (κ2) is 7.40. The standard InChI is InChI=1S/C20H24N2O3S/c21-10-16-15-3-1-2-4-17(15)26-20(16)22-18(23)11-25-19(24)9-14-8-12-5-6-13(14)7-12/h12-14H,1-9,11H2,(H,22,23)/t12-,13+,14+/m0/s1. The van der Waals surface area contributed by atoms with Crippen LogP contribution >= 0.6 is 11.3 Å². The topological polar surface area (TPSA) is 79.2 Å². The SMILES string of the molecule is N#Cc1c(NC(=O)COC(=O)C[C@H]2C[C@H]3CC[C@@H]2C3)sc2c1CCCC2. The highest BCUT2D eigenvalue weighted by molar-refractivity contribution is 7.16. The van der Waals surface area contributed by atoms with Gasteiger partial charge >= 0.3 is 5.97 Å². The molecule has 0 unspecified atom stereocenters. The number of carbonyl (C=O) groups is 2. The van der Waals surface area contributed by atoms with Gasteiger partial charge in [-0.2, -0.15) is 5.26 Å². The van der Waals surface area contributed by atoms with Gasteiger partial charge in [-0.05, 0) is 68.3 Å². The molecule has 0 aromatic carbocycles. The number of carbonyl (C=O) groups excluding carboxylic acids is 2. The van der Waals surface area contributed by atoms with Gasteiger partial charge in [0.1, 0.15) is 11.1 Å². The van der Waals surface area contributed by atoms with Gasteiger partial charge in [0.25, 0.3) is 5.91 Å². The Morgan fingerprint density at radius 2 is 2.08 bits per heavy atom. The second-order valence-corrected chi connectivity index (χ2v) is 8.98. The molecule has 0 saturated heterocycles. The van der Waals surface area contributed by atoms with Crippen molar-refractivity contribution in [3.05, 3.63) is 16.0 Å². The smallest absolute Gasteiger partial charge is 0.306 e. The number of anilines is 1. The predicted octanol–water partition coefficient (Wildman–Crippen LogP) is 3.81. The first kappa shape index (κ1) is 17.5. The number of rotatable bonds is 5. The Morgan fingerprint density at radius 3 is 2.81 bits per heavy atom. The fraction of sp³-hybridized carbons (Fsp3) is 0.650. The Kier molecular flexibility index (Phi) is 4.99. The van der Waals surface area contributed by atoms with E-state index in [2.05, 4.69) is 11.4 Å². The normalized spacial score (nSPS) is 26.2. The van der Waals surface area contributed by atoms with E-state index in [0.29, 0.717) is 28.8 Å². The van der Waals surface area contributed by atoms with Crippen molar-refractivity contribution >= 4 is 28.2 Å². The molecule has 2 fully saturated rings. The summed E-state index contributed by atoms with van der Waals surface area (Å²) < 4.78 is 5.19. The van der Waals surface area contributed by atoms with Crippen LogP contribution in [0.15, 0.2) is 0 Å². The zero-order valence-electron chi connectivity index (χ0n) is 14.9. The third kappa shape index (κ3) is 3.50. The molecule has 4 rings (SSSR count). The van der Waals surface area contributed by atoms with Crippen LogP contribution in [0, 0.1) is 29.1 Å². The van der Waals surface area contributed by atoms with E-state index < -0.39 is 0 Å². The minimum Gasteiger partial charge on any atom is -0.456 e. The zero-order valence-corrected chi connectivity index (χ0v) is 15.7. The lowest BCUT2D eigenvalue weighted by molar-refractivity contribution is -0.148. The minimum absolute atomic E-state index is 0.271. The lowest BCUT2D eigenvalue weighted by Gasteiger charge is -2.20. The molecule has 1 heterocycles. The highest BCUT2D eigenvalue weighted by Crippen LogP contribution is 2.49. The van der Waals surface area contributed by atoms with E-state index in [1.807, 2.05) is 0 Å². The van der Waals surface area contributed by atoms with E-state index in [1.54, 1.807) is 0 Å². The fourth-order valence-electron chi connectivity index (χ4n) is 4.98. The van der Waals surface area contributed by atoms with Crippen LogP contribution in [0.3, 0.4) is 0 Å². The van der Waals surface area contributed by atoms with Gasteiger partial charge in [-0.1, -0.05) is 6.42 Å². The third-order valence-corrected chi connectivity index (χ3v) is 7.42. The average molecular weight is 372 g/mol. The molecule has 1 N–H and O–H groups in total. The summed E-state index contributed by atoms with van der Waals surface area (Å²) in [7, 11) is 0. The summed E-state index contributed by atoms with van der Waals surface area (Å²) in [6.07, 6.45) is 9.49. The van der Waals surface area contributed by atoms with Gasteiger partial charge < -0.3 is 10.1 Å². The van der Waals surface area contributed by atoms with Crippen molar-refractivity contribution in [1.29, 1.82) is 5.26 Å². The van der Waals surface area contributed by atoms with Crippen molar-refractivity contribution in [3.8, 4) is 6.07 Å². The molecule has 3 atom stereocenters. The van der Waals surface area contributed by atoms with Crippen LogP contribution in [0.5, 0.6) is 0 Å². The fourth-order valence-corrected chi connectivity index (χ4v) is 6.24. The minimum atomic E-state index is -0.360. The molecule has 5 nitrogen and oxygen atoms in total. The molecule has 6 heteroatoms. The first-order valence-electron chi connectivity index (χ1n) is 9.64. The molecule has 26 heavy (non-hydrogen) atoms. The lowest BCUT2D eigenvalue weighted by atomic mass is 9.86. The number of nitrogens with one attached hydrogen (secondary N) is 1. The number of ether oxygens (including phenoxy) is 1. The van der Waals surface area contributed by atoms with E-state index in [0.717, 1.165) is 43.6 Å². The lowest BCUT2D eigenvalue weighted by Crippen LogP contribution is -2.23. The van der Waals surface area contributed by atoms with Crippen LogP contribution in [-0.2, 0) is 27.2 Å². The number of aryl methyl sites for hydroxylation is 1. The van der Waals surface area contributed by atoms with Crippen molar-refractivity contribution < 1.29 is 14.3 Å². The van der Waals surface area contributed by atoms with Gasteiger partial charge in [-0.25, -0.2) is 0 Å². The molecule has 2 saturated carbocycles. The molecule has 3 aliphatic carbocycles. The summed E-state index contributed by atoms with van der Waals surface area (Å²) >= 11 is 1.49. The van der Waals surface area contributed by atoms with Crippen LogP contribution in [0.4, 0.5) is 5.00 Å². The zero-order chi connectivity index (χ0) is 18.1. The Balaban J connectivity index is 1.28. The monoisotopic (exact) mass is 372 g/mol. The van der Waals surface area contributed by atoms with Gasteiger partial charge in [0.05, 0.1) is 5.56 Å². The number of hydrogen-bond acceptors (Lipinski definition) is 5. The van der Waals surface area contributed by atoms with Crippen LogP contribution in [0.25, 0.3) is 0 Å². The molecule has 0 aliphatic heterocycles. The molecule has 3 aliphatic rings. The summed E-state index contributed by atoms with van der Waals surface area (Å²) in [6, 6.07) is 2.23. The van der Waals surface area contributed by atoms with E-state index >= 15 is 0 Å². The van der Waals surface area contributed by atoms with Gasteiger partial charge in [0, 0.05) is 11.3 Å². The summed E-state index contributed by atoms with van der Waals surface area (Å²) in [5.74, 6) is 1.29. The number of hydrogen-bond donors (Lipinski definition) is 1. The quantitative estimate of drug-likeness (QED) is 0.797. The van der Waals surface area contributed by atoms with Crippen molar-refractivity contribution in [1.82, 2.24) is 0 Å². The third-order valence-electron chi connectivity index (χ3n) is 6.21. The van der Waals surface area contributed by atoms with Gasteiger partial charge in [0.2, 0.25) is 0 Å². The van der Waals surface area contributed by atoms with Crippen molar-refractivity contribution in [2.24, 2.45) is 17.8 Å². The van der Waals surface area contributed by atoms with Crippen LogP contribution in [-0.4, -0.2) is 18.5 Å². The average Bonchev–Trinajstić information content (AvgIpc) is 3.33. The van der Waals surface area contributed by atoms with Crippen LogP contribution in [0.2, 0.25) is 0 Å². The summed E-state index contributed by atoms with van der Waals surface area (Å²) in [6.45, 7) is -0.271. The van der Waals surface area contributed by atoms with Crippen LogP contribution < -0.4 is 5.32 Å². The molecule has 1 aromatic rings. The highest BCUT2D eigenvalue weighted by atomic mass is 32.1. The molecule has 0 spiro atoms. The van der Waals surface area contributed by atoms with Crippen molar-refractivity contribution in [3.63, 3.8) is 0 Å². The highest BCUT2D eigenvalue weighted by Gasteiger charge is 2.40. The van der Waals surface area contributed by atoms with Gasteiger partial charge in [-0.15, -0.1) is 11.3 Å². The maximum atomic E-state index is 12.2. The largest absolute Gasteiger partial charge is 0.456 e. The van der Waals surface area contributed by atoms with Crippen molar-refractivity contribution in [2.45, 2.75) is 57.8 Å². The molecule has 0 radical (unpaired) electrons. The summed E-state index contributed by atoms with van der Waals surface area (Å²) in [4.78, 5) is 25.4.